The minimum absolute atomic E-state index is 0.00278. The van der Waals surface area contributed by atoms with Crippen LogP contribution in [0, 0.1) is 5.82 Å². The van der Waals surface area contributed by atoms with Crippen molar-refractivity contribution in [1.29, 1.82) is 0 Å². The fourth-order valence-electron chi connectivity index (χ4n) is 2.52. The van der Waals surface area contributed by atoms with Crippen LogP contribution in [-0.4, -0.2) is 37.0 Å². The molecule has 0 bridgehead atoms. The van der Waals surface area contributed by atoms with Gasteiger partial charge in [-0.2, -0.15) is 0 Å². The number of amides is 1. The topological polar surface area (TPSA) is 32.3 Å². The molecule has 1 fully saturated rings. The lowest BCUT2D eigenvalue weighted by Gasteiger charge is -2.27. The van der Waals surface area contributed by atoms with Crippen LogP contribution in [0.25, 0.3) is 0 Å². The first-order chi connectivity index (χ1) is 9.18. The largest absolute Gasteiger partial charge is 0.342 e. The molecule has 0 radical (unpaired) electrons. The van der Waals surface area contributed by atoms with Crippen LogP contribution in [0.3, 0.4) is 0 Å². The van der Waals surface area contributed by atoms with Crippen molar-refractivity contribution in [2.45, 2.75) is 31.7 Å². The van der Waals surface area contributed by atoms with E-state index >= 15 is 0 Å². The zero-order valence-electron chi connectivity index (χ0n) is 11.4. The van der Waals surface area contributed by atoms with Gasteiger partial charge in [0.05, 0.1) is 6.42 Å². The molecule has 1 N–H and O–H groups in total. The van der Waals surface area contributed by atoms with Gasteiger partial charge in [0.25, 0.3) is 0 Å². The number of carbonyl (C=O) groups is 1. The number of likely N-dealkylation sites (N-methyl/N-ethyl adjacent to an activating group) is 1. The summed E-state index contributed by atoms with van der Waals surface area (Å²) in [4.78, 5) is 14.0. The van der Waals surface area contributed by atoms with Crippen molar-refractivity contribution in [3.05, 3.63) is 35.6 Å². The average molecular weight is 264 g/mol. The Morgan fingerprint density at radius 2 is 2.16 bits per heavy atom. The van der Waals surface area contributed by atoms with Crippen molar-refractivity contribution < 1.29 is 9.18 Å². The molecule has 1 unspecified atom stereocenters. The highest BCUT2D eigenvalue weighted by molar-refractivity contribution is 5.78. The standard InChI is InChI=1S/C15H21FN2O/c1-18(13-6-4-9-17-10-8-13)15(19)11-12-5-2-3-7-14(12)16/h2-3,5,7,13,17H,4,6,8-11H2,1H3. The Bertz CT molecular complexity index is 428. The second kappa shape index (κ2) is 6.66. The lowest BCUT2D eigenvalue weighted by atomic mass is 10.1. The Hall–Kier alpha value is -1.42. The summed E-state index contributed by atoms with van der Waals surface area (Å²) < 4.78 is 13.5. The van der Waals surface area contributed by atoms with E-state index in [9.17, 15) is 9.18 Å². The van der Waals surface area contributed by atoms with Crippen LogP contribution < -0.4 is 5.32 Å². The van der Waals surface area contributed by atoms with E-state index in [-0.39, 0.29) is 24.2 Å². The van der Waals surface area contributed by atoms with E-state index in [1.165, 1.54) is 6.07 Å². The molecular weight excluding hydrogens is 243 g/mol. The van der Waals surface area contributed by atoms with Gasteiger partial charge in [-0.1, -0.05) is 18.2 Å². The molecule has 3 nitrogen and oxygen atoms in total. The van der Waals surface area contributed by atoms with Crippen molar-refractivity contribution in [3.63, 3.8) is 0 Å². The van der Waals surface area contributed by atoms with Crippen molar-refractivity contribution in [1.82, 2.24) is 10.2 Å². The predicted molar refractivity (Wildman–Crippen MR) is 73.4 cm³/mol. The summed E-state index contributed by atoms with van der Waals surface area (Å²) in [5, 5.41) is 3.33. The molecule has 0 spiro atoms. The summed E-state index contributed by atoms with van der Waals surface area (Å²) in [5.74, 6) is -0.302. The minimum Gasteiger partial charge on any atom is -0.342 e. The summed E-state index contributed by atoms with van der Waals surface area (Å²) in [5.41, 5.74) is 0.478. The highest BCUT2D eigenvalue weighted by Crippen LogP contribution is 2.14. The van der Waals surface area contributed by atoms with Gasteiger partial charge in [0.15, 0.2) is 0 Å². The van der Waals surface area contributed by atoms with Crippen LogP contribution in [0.4, 0.5) is 4.39 Å². The number of hydrogen-bond donors (Lipinski definition) is 1. The number of nitrogens with zero attached hydrogens (tertiary/aromatic N) is 1. The summed E-state index contributed by atoms with van der Waals surface area (Å²) in [6.07, 6.45) is 3.22. The summed E-state index contributed by atoms with van der Waals surface area (Å²) >= 11 is 0. The lowest BCUT2D eigenvalue weighted by molar-refractivity contribution is -0.131. The Balaban J connectivity index is 1.97. The Morgan fingerprint density at radius 1 is 1.37 bits per heavy atom. The van der Waals surface area contributed by atoms with Crippen molar-refractivity contribution >= 4 is 5.91 Å². The average Bonchev–Trinajstić information content (AvgIpc) is 2.69. The quantitative estimate of drug-likeness (QED) is 0.905. The normalized spacial score (nSPS) is 19.8. The predicted octanol–water partition coefficient (Wildman–Crippen LogP) is 1.97. The minimum atomic E-state index is -0.299. The molecule has 1 aromatic carbocycles. The van der Waals surface area contributed by atoms with Crippen LogP contribution in [0.15, 0.2) is 24.3 Å². The third kappa shape index (κ3) is 3.77. The van der Waals surface area contributed by atoms with Crippen LogP contribution in [0.5, 0.6) is 0 Å². The van der Waals surface area contributed by atoms with E-state index in [1.54, 1.807) is 23.1 Å². The summed E-state index contributed by atoms with van der Waals surface area (Å²) in [7, 11) is 1.83. The fourth-order valence-corrected chi connectivity index (χ4v) is 2.52. The van der Waals surface area contributed by atoms with Crippen molar-refractivity contribution in [2.24, 2.45) is 0 Å². The summed E-state index contributed by atoms with van der Waals surface area (Å²) in [6, 6.07) is 6.76. The lowest BCUT2D eigenvalue weighted by Crippen LogP contribution is -2.38. The van der Waals surface area contributed by atoms with Crippen LogP contribution in [0.2, 0.25) is 0 Å². The third-order valence-electron chi connectivity index (χ3n) is 3.79. The molecule has 1 atom stereocenters. The Morgan fingerprint density at radius 3 is 2.95 bits per heavy atom. The Labute approximate surface area is 113 Å². The van der Waals surface area contributed by atoms with Crippen LogP contribution in [-0.2, 0) is 11.2 Å². The van der Waals surface area contributed by atoms with E-state index < -0.39 is 0 Å². The highest BCUT2D eigenvalue weighted by atomic mass is 19.1. The molecule has 1 saturated heterocycles. The van der Waals surface area contributed by atoms with Gasteiger partial charge >= 0.3 is 0 Å². The molecule has 1 aliphatic rings. The number of benzene rings is 1. The van der Waals surface area contributed by atoms with Crippen molar-refractivity contribution in [2.75, 3.05) is 20.1 Å². The molecule has 0 aromatic heterocycles. The second-order valence-electron chi connectivity index (χ2n) is 5.11. The summed E-state index contributed by atoms with van der Waals surface area (Å²) in [6.45, 7) is 1.97. The van der Waals surface area contributed by atoms with Gasteiger partial charge in [-0.15, -0.1) is 0 Å². The molecule has 0 saturated carbocycles. The first-order valence-corrected chi connectivity index (χ1v) is 6.88. The number of nitrogens with one attached hydrogen (secondary N) is 1. The number of carbonyl (C=O) groups excluding carboxylic acids is 1. The maximum absolute atomic E-state index is 13.5. The van der Waals surface area contributed by atoms with Crippen molar-refractivity contribution in [3.8, 4) is 0 Å². The zero-order chi connectivity index (χ0) is 13.7. The van der Waals surface area contributed by atoms with Gasteiger partial charge < -0.3 is 10.2 Å². The van der Waals surface area contributed by atoms with Gasteiger partial charge in [0.2, 0.25) is 5.91 Å². The molecule has 1 heterocycles. The molecule has 1 aromatic rings. The molecule has 2 rings (SSSR count). The maximum Gasteiger partial charge on any atom is 0.227 e. The maximum atomic E-state index is 13.5. The zero-order valence-corrected chi connectivity index (χ0v) is 11.4. The van der Waals surface area contributed by atoms with E-state index in [2.05, 4.69) is 5.32 Å². The van der Waals surface area contributed by atoms with E-state index in [0.717, 1.165) is 32.4 Å². The smallest absolute Gasteiger partial charge is 0.227 e. The van der Waals surface area contributed by atoms with Gasteiger partial charge in [0.1, 0.15) is 5.82 Å². The van der Waals surface area contributed by atoms with Gasteiger partial charge in [-0.25, -0.2) is 4.39 Å². The van der Waals surface area contributed by atoms with Gasteiger partial charge in [-0.3, -0.25) is 4.79 Å². The molecule has 104 valence electrons. The molecule has 4 heteroatoms. The highest BCUT2D eigenvalue weighted by Gasteiger charge is 2.21. The van der Waals surface area contributed by atoms with E-state index in [4.69, 9.17) is 0 Å². The number of hydrogen-bond acceptors (Lipinski definition) is 2. The van der Waals surface area contributed by atoms with E-state index in [0.29, 0.717) is 5.56 Å². The Kier molecular flexibility index (Phi) is 4.91. The van der Waals surface area contributed by atoms with Gasteiger partial charge in [0, 0.05) is 13.1 Å². The molecule has 1 aliphatic heterocycles. The monoisotopic (exact) mass is 264 g/mol. The molecule has 1 amide bonds. The molecule has 19 heavy (non-hydrogen) atoms. The van der Waals surface area contributed by atoms with Crippen LogP contribution in [0.1, 0.15) is 24.8 Å². The van der Waals surface area contributed by atoms with Gasteiger partial charge in [-0.05, 0) is 44.0 Å². The van der Waals surface area contributed by atoms with Crippen LogP contribution >= 0.6 is 0 Å². The molecular formula is C15H21FN2O. The third-order valence-corrected chi connectivity index (χ3v) is 3.79. The molecule has 0 aliphatic carbocycles. The fraction of sp³-hybridized carbons (Fsp3) is 0.533. The number of rotatable bonds is 3. The SMILES string of the molecule is CN(C(=O)Cc1ccccc1F)C1CCCNCC1. The van der Waals surface area contributed by atoms with E-state index in [1.807, 2.05) is 7.05 Å². The number of halogens is 1. The first-order valence-electron chi connectivity index (χ1n) is 6.88. The first kappa shape index (κ1) is 14.0. The second-order valence-corrected chi connectivity index (χ2v) is 5.11.